The predicted molar refractivity (Wildman–Crippen MR) is 41.8 cm³/mol. The van der Waals surface area contributed by atoms with Gasteiger partial charge in [-0.1, -0.05) is 13.0 Å². The molecule has 56 valence electrons. The molecule has 0 aromatic rings. The van der Waals surface area contributed by atoms with E-state index in [1.807, 2.05) is 13.0 Å². The Labute approximate surface area is 65.4 Å². The summed E-state index contributed by atoms with van der Waals surface area (Å²) in [4.78, 5) is 0. The van der Waals surface area contributed by atoms with Gasteiger partial charge >= 0.3 is 0 Å². The van der Waals surface area contributed by atoms with Gasteiger partial charge in [0.05, 0.1) is 5.38 Å². The SMILES string of the molecule is C[C@@H]1C=CC(F)=CC(Cl)C1. The molecule has 0 bridgehead atoms. The van der Waals surface area contributed by atoms with Crippen LogP contribution in [0.5, 0.6) is 0 Å². The summed E-state index contributed by atoms with van der Waals surface area (Å²) < 4.78 is 12.6. The first-order valence-electron chi connectivity index (χ1n) is 3.38. The highest BCUT2D eigenvalue weighted by atomic mass is 35.5. The molecule has 0 spiro atoms. The zero-order chi connectivity index (χ0) is 7.56. The van der Waals surface area contributed by atoms with Crippen LogP contribution in [0.25, 0.3) is 0 Å². The molecule has 1 aliphatic rings. The second-order valence-corrected chi connectivity index (χ2v) is 3.20. The Morgan fingerprint density at radius 3 is 3.10 bits per heavy atom. The minimum Gasteiger partial charge on any atom is -0.207 e. The molecule has 0 radical (unpaired) electrons. The third-order valence-electron chi connectivity index (χ3n) is 1.52. The van der Waals surface area contributed by atoms with E-state index in [1.54, 1.807) is 0 Å². The Morgan fingerprint density at radius 2 is 2.40 bits per heavy atom. The fourth-order valence-electron chi connectivity index (χ4n) is 0.986. The van der Waals surface area contributed by atoms with Crippen molar-refractivity contribution >= 4 is 11.6 Å². The lowest BCUT2D eigenvalue weighted by Crippen LogP contribution is -1.98. The summed E-state index contributed by atoms with van der Waals surface area (Å²) in [6.45, 7) is 2.03. The van der Waals surface area contributed by atoms with Gasteiger partial charge in [-0.2, -0.15) is 0 Å². The van der Waals surface area contributed by atoms with E-state index in [0.717, 1.165) is 6.42 Å². The van der Waals surface area contributed by atoms with Crippen molar-refractivity contribution in [1.29, 1.82) is 0 Å². The molecule has 0 saturated heterocycles. The Bertz CT molecular complexity index is 172. The van der Waals surface area contributed by atoms with Crippen LogP contribution in [0.3, 0.4) is 0 Å². The van der Waals surface area contributed by atoms with Crippen LogP contribution in [-0.2, 0) is 0 Å². The van der Waals surface area contributed by atoms with Crippen LogP contribution in [-0.4, -0.2) is 5.38 Å². The van der Waals surface area contributed by atoms with Gasteiger partial charge in [-0.05, 0) is 24.5 Å². The summed E-state index contributed by atoms with van der Waals surface area (Å²) in [5, 5.41) is -0.148. The van der Waals surface area contributed by atoms with Crippen LogP contribution < -0.4 is 0 Å². The number of alkyl halides is 1. The monoisotopic (exact) mass is 160 g/mol. The first kappa shape index (κ1) is 7.80. The minimum atomic E-state index is -0.218. The molecule has 0 aromatic carbocycles. The van der Waals surface area contributed by atoms with E-state index in [9.17, 15) is 4.39 Å². The lowest BCUT2D eigenvalue weighted by atomic mass is 10.1. The topological polar surface area (TPSA) is 0 Å². The maximum absolute atomic E-state index is 12.6. The van der Waals surface area contributed by atoms with Crippen molar-refractivity contribution in [3.8, 4) is 0 Å². The summed E-state index contributed by atoms with van der Waals surface area (Å²) in [6.07, 6.45) is 5.59. The normalized spacial score (nSPS) is 33.3. The molecule has 2 atom stereocenters. The van der Waals surface area contributed by atoms with Crippen molar-refractivity contribution < 1.29 is 4.39 Å². The molecular weight excluding hydrogens is 151 g/mol. The lowest BCUT2D eigenvalue weighted by molar-refractivity contribution is 0.654. The van der Waals surface area contributed by atoms with Crippen molar-refractivity contribution in [2.24, 2.45) is 5.92 Å². The zero-order valence-electron chi connectivity index (χ0n) is 5.85. The summed E-state index contributed by atoms with van der Waals surface area (Å²) in [7, 11) is 0. The molecule has 1 rings (SSSR count). The molecule has 10 heavy (non-hydrogen) atoms. The molecule has 0 nitrogen and oxygen atoms in total. The highest BCUT2D eigenvalue weighted by Gasteiger charge is 2.09. The largest absolute Gasteiger partial charge is 0.207 e. The fraction of sp³-hybridized carbons (Fsp3) is 0.500. The number of hydrogen-bond acceptors (Lipinski definition) is 0. The molecule has 0 aliphatic heterocycles. The van der Waals surface area contributed by atoms with Gasteiger partial charge in [0.15, 0.2) is 0 Å². The second kappa shape index (κ2) is 3.20. The maximum Gasteiger partial charge on any atom is 0.120 e. The van der Waals surface area contributed by atoms with Crippen LogP contribution in [0.4, 0.5) is 4.39 Å². The van der Waals surface area contributed by atoms with E-state index >= 15 is 0 Å². The van der Waals surface area contributed by atoms with Gasteiger partial charge < -0.3 is 0 Å². The van der Waals surface area contributed by atoms with E-state index in [0.29, 0.717) is 5.92 Å². The summed E-state index contributed by atoms with van der Waals surface area (Å²) in [5.41, 5.74) is 0. The smallest absolute Gasteiger partial charge is 0.120 e. The molecule has 0 amide bonds. The molecule has 0 fully saturated rings. The van der Waals surface area contributed by atoms with E-state index in [1.165, 1.54) is 12.2 Å². The van der Waals surface area contributed by atoms with Crippen LogP contribution in [0.2, 0.25) is 0 Å². The van der Waals surface area contributed by atoms with E-state index < -0.39 is 0 Å². The summed E-state index contributed by atoms with van der Waals surface area (Å²) in [6, 6.07) is 0. The van der Waals surface area contributed by atoms with Gasteiger partial charge in [0.25, 0.3) is 0 Å². The Morgan fingerprint density at radius 1 is 1.70 bits per heavy atom. The van der Waals surface area contributed by atoms with Crippen LogP contribution >= 0.6 is 11.6 Å². The fourth-order valence-corrected chi connectivity index (χ4v) is 1.39. The highest BCUT2D eigenvalue weighted by Crippen LogP contribution is 2.20. The summed E-state index contributed by atoms with van der Waals surface area (Å²) >= 11 is 5.75. The van der Waals surface area contributed by atoms with Gasteiger partial charge in [-0.3, -0.25) is 0 Å². The molecule has 0 aromatic heterocycles. The summed E-state index contributed by atoms with van der Waals surface area (Å²) in [5.74, 6) is 0.163. The van der Waals surface area contributed by atoms with Gasteiger partial charge in [-0.25, -0.2) is 4.39 Å². The van der Waals surface area contributed by atoms with Crippen molar-refractivity contribution in [2.75, 3.05) is 0 Å². The lowest BCUT2D eigenvalue weighted by Gasteiger charge is -2.04. The molecule has 0 heterocycles. The van der Waals surface area contributed by atoms with Crippen molar-refractivity contribution in [3.05, 3.63) is 24.1 Å². The van der Waals surface area contributed by atoms with Crippen LogP contribution in [0.1, 0.15) is 13.3 Å². The van der Waals surface area contributed by atoms with Crippen molar-refractivity contribution in [2.45, 2.75) is 18.7 Å². The quantitative estimate of drug-likeness (QED) is 0.478. The van der Waals surface area contributed by atoms with Gasteiger partial charge in [-0.15, -0.1) is 11.6 Å². The molecular formula is C8H10ClF. The Balaban J connectivity index is 2.68. The number of rotatable bonds is 0. The van der Waals surface area contributed by atoms with Crippen LogP contribution in [0, 0.1) is 5.92 Å². The Hall–Kier alpha value is -0.300. The van der Waals surface area contributed by atoms with Gasteiger partial charge in [0.2, 0.25) is 0 Å². The minimum absolute atomic E-state index is 0.148. The first-order valence-corrected chi connectivity index (χ1v) is 3.81. The Kier molecular flexibility index (Phi) is 2.50. The van der Waals surface area contributed by atoms with Gasteiger partial charge in [0, 0.05) is 0 Å². The molecule has 0 N–H and O–H groups in total. The predicted octanol–water partition coefficient (Wildman–Crippen LogP) is 3.04. The third kappa shape index (κ3) is 2.14. The van der Waals surface area contributed by atoms with Crippen LogP contribution in [0.15, 0.2) is 24.1 Å². The standard InChI is InChI=1S/C8H10ClF/c1-6-2-3-8(10)5-7(9)4-6/h2-3,5-7H,4H2,1H3/t6-,7?/m1/s1. The molecule has 1 aliphatic carbocycles. The average Bonchev–Trinajstić information content (AvgIpc) is 1.93. The van der Waals surface area contributed by atoms with Crippen molar-refractivity contribution in [1.82, 2.24) is 0 Å². The van der Waals surface area contributed by atoms with Gasteiger partial charge in [0.1, 0.15) is 5.83 Å². The van der Waals surface area contributed by atoms with Crippen molar-refractivity contribution in [3.63, 3.8) is 0 Å². The van der Waals surface area contributed by atoms with E-state index in [2.05, 4.69) is 0 Å². The maximum atomic E-state index is 12.6. The molecule has 1 unspecified atom stereocenters. The van der Waals surface area contributed by atoms with E-state index in [-0.39, 0.29) is 11.2 Å². The third-order valence-corrected chi connectivity index (χ3v) is 1.83. The number of hydrogen-bond donors (Lipinski definition) is 0. The average molecular weight is 161 g/mol. The molecule has 0 saturated carbocycles. The number of halogens is 2. The van der Waals surface area contributed by atoms with E-state index in [4.69, 9.17) is 11.6 Å². The highest BCUT2D eigenvalue weighted by molar-refractivity contribution is 6.21. The zero-order valence-corrected chi connectivity index (χ0v) is 6.61. The second-order valence-electron chi connectivity index (χ2n) is 2.64. The first-order chi connectivity index (χ1) is 4.68. The molecule has 2 heteroatoms. The number of allylic oxidation sites excluding steroid dienone is 4.